The van der Waals surface area contributed by atoms with Gasteiger partial charge in [0.1, 0.15) is 0 Å². The van der Waals surface area contributed by atoms with Gasteiger partial charge in [-0.25, -0.2) is 9.78 Å². The number of carbonyl (C=O) groups excluding carboxylic acids is 1. The van der Waals surface area contributed by atoms with Crippen LogP contribution in [-0.4, -0.2) is 34.7 Å². The van der Waals surface area contributed by atoms with Crippen LogP contribution in [0, 0.1) is 5.92 Å². The highest BCUT2D eigenvalue weighted by atomic mass is 32.1. The highest BCUT2D eigenvalue weighted by Gasteiger charge is 2.30. The van der Waals surface area contributed by atoms with Gasteiger partial charge in [0, 0.05) is 30.1 Å². The van der Waals surface area contributed by atoms with Crippen LogP contribution in [0.15, 0.2) is 11.6 Å². The van der Waals surface area contributed by atoms with Gasteiger partial charge in [0.05, 0.1) is 10.9 Å². The van der Waals surface area contributed by atoms with Crippen LogP contribution < -0.4 is 10.6 Å². The van der Waals surface area contributed by atoms with Gasteiger partial charge in [-0.3, -0.25) is 4.79 Å². The first-order valence-electron chi connectivity index (χ1n) is 6.72. The Kier molecular flexibility index (Phi) is 4.94. The summed E-state index contributed by atoms with van der Waals surface area (Å²) in [4.78, 5) is 26.8. The zero-order valence-electron chi connectivity index (χ0n) is 11.3. The Bertz CT molecular complexity index is 463. The minimum absolute atomic E-state index is 0.0359. The third-order valence-corrected chi connectivity index (χ3v) is 4.57. The first kappa shape index (κ1) is 14.8. The molecule has 0 aliphatic heterocycles. The van der Waals surface area contributed by atoms with E-state index in [1.54, 1.807) is 17.5 Å². The molecule has 1 saturated carbocycles. The first-order valence-corrected chi connectivity index (χ1v) is 7.60. The summed E-state index contributed by atoms with van der Waals surface area (Å²) in [5.41, 5.74) is 0. The lowest BCUT2D eigenvalue weighted by molar-refractivity contribution is -0.141. The monoisotopic (exact) mass is 297 g/mol. The van der Waals surface area contributed by atoms with E-state index in [4.69, 9.17) is 5.11 Å². The lowest BCUT2D eigenvalue weighted by Gasteiger charge is -2.15. The van der Waals surface area contributed by atoms with Crippen molar-refractivity contribution in [2.45, 2.75) is 38.1 Å². The van der Waals surface area contributed by atoms with Crippen LogP contribution in [0.1, 0.15) is 37.1 Å². The van der Waals surface area contributed by atoms with E-state index in [1.807, 2.05) is 12.3 Å². The van der Waals surface area contributed by atoms with Crippen LogP contribution in [0.5, 0.6) is 0 Å². The number of hydrogen-bond donors (Lipinski definition) is 3. The molecule has 110 valence electrons. The van der Waals surface area contributed by atoms with Gasteiger partial charge in [0.15, 0.2) is 0 Å². The van der Waals surface area contributed by atoms with Crippen molar-refractivity contribution in [3.05, 3.63) is 16.6 Å². The van der Waals surface area contributed by atoms with Crippen LogP contribution in [0.3, 0.4) is 0 Å². The zero-order chi connectivity index (χ0) is 14.5. The van der Waals surface area contributed by atoms with Crippen molar-refractivity contribution < 1.29 is 14.7 Å². The Labute approximate surface area is 121 Å². The number of urea groups is 1. The van der Waals surface area contributed by atoms with Gasteiger partial charge in [-0.1, -0.05) is 6.92 Å². The van der Waals surface area contributed by atoms with E-state index in [1.165, 1.54) is 0 Å². The highest BCUT2D eigenvalue weighted by molar-refractivity contribution is 7.09. The molecular weight excluding hydrogens is 278 g/mol. The standard InChI is InChI=1S/C13H19N3O3S/c1-8(11-14-4-5-20-11)7-15-13(19)16-10-3-2-9(6-10)12(17)18/h4-5,8-10H,2-3,6-7H2,1H3,(H,17,18)(H2,15,16,19). The van der Waals surface area contributed by atoms with Gasteiger partial charge in [0.2, 0.25) is 0 Å². The van der Waals surface area contributed by atoms with Gasteiger partial charge >= 0.3 is 12.0 Å². The molecule has 1 aliphatic carbocycles. The van der Waals surface area contributed by atoms with Crippen LogP contribution >= 0.6 is 11.3 Å². The number of carbonyl (C=O) groups is 2. The molecule has 7 heteroatoms. The summed E-state index contributed by atoms with van der Waals surface area (Å²) in [5.74, 6) is -0.919. The maximum atomic E-state index is 11.8. The third kappa shape index (κ3) is 3.93. The van der Waals surface area contributed by atoms with Crippen molar-refractivity contribution in [1.29, 1.82) is 0 Å². The van der Waals surface area contributed by atoms with Crippen LogP contribution in [0.4, 0.5) is 4.79 Å². The smallest absolute Gasteiger partial charge is 0.315 e. The van der Waals surface area contributed by atoms with Gasteiger partial charge in [-0.15, -0.1) is 11.3 Å². The largest absolute Gasteiger partial charge is 0.481 e. The maximum absolute atomic E-state index is 11.8. The number of amides is 2. The molecule has 3 unspecified atom stereocenters. The van der Waals surface area contributed by atoms with Crippen molar-refractivity contribution in [3.8, 4) is 0 Å². The summed E-state index contributed by atoms with van der Waals surface area (Å²) in [5, 5.41) is 17.5. The number of rotatable bonds is 5. The van der Waals surface area contributed by atoms with Crippen molar-refractivity contribution >= 4 is 23.3 Å². The van der Waals surface area contributed by atoms with E-state index >= 15 is 0 Å². The van der Waals surface area contributed by atoms with Crippen molar-refractivity contribution in [1.82, 2.24) is 15.6 Å². The van der Waals surface area contributed by atoms with E-state index in [2.05, 4.69) is 15.6 Å². The Morgan fingerprint density at radius 2 is 2.35 bits per heavy atom. The molecule has 1 heterocycles. The van der Waals surface area contributed by atoms with Gasteiger partial charge in [-0.05, 0) is 19.3 Å². The van der Waals surface area contributed by atoms with Crippen molar-refractivity contribution in [2.75, 3.05) is 6.54 Å². The molecule has 0 aromatic carbocycles. The van der Waals surface area contributed by atoms with Gasteiger partial charge in [0.25, 0.3) is 0 Å². The fraction of sp³-hybridized carbons (Fsp3) is 0.615. The molecule has 1 aromatic heterocycles. The molecule has 1 aromatic rings. The molecule has 20 heavy (non-hydrogen) atoms. The first-order chi connectivity index (χ1) is 9.56. The molecule has 0 radical (unpaired) electrons. The van der Waals surface area contributed by atoms with E-state index in [9.17, 15) is 9.59 Å². The predicted molar refractivity (Wildman–Crippen MR) is 75.8 cm³/mol. The second kappa shape index (κ2) is 6.69. The molecule has 3 atom stereocenters. The summed E-state index contributed by atoms with van der Waals surface area (Å²) in [6.45, 7) is 2.53. The number of nitrogens with one attached hydrogen (secondary N) is 2. The van der Waals surface area contributed by atoms with E-state index in [-0.39, 0.29) is 23.9 Å². The second-order valence-corrected chi connectivity index (χ2v) is 6.10. The molecule has 0 bridgehead atoms. The number of carboxylic acid groups (broad SMARTS) is 1. The van der Waals surface area contributed by atoms with Crippen molar-refractivity contribution in [2.24, 2.45) is 5.92 Å². The fourth-order valence-electron chi connectivity index (χ4n) is 2.38. The van der Waals surface area contributed by atoms with Crippen LogP contribution in [0.2, 0.25) is 0 Å². The average molecular weight is 297 g/mol. The minimum atomic E-state index is -0.771. The van der Waals surface area contributed by atoms with Crippen LogP contribution in [-0.2, 0) is 4.79 Å². The number of carboxylic acids is 1. The normalized spacial score (nSPS) is 23.2. The average Bonchev–Trinajstić information content (AvgIpc) is 3.06. The van der Waals surface area contributed by atoms with E-state index < -0.39 is 5.97 Å². The number of nitrogens with zero attached hydrogens (tertiary/aromatic N) is 1. The molecule has 2 amide bonds. The van der Waals surface area contributed by atoms with Gasteiger partial charge in [-0.2, -0.15) is 0 Å². The molecule has 1 aliphatic rings. The fourth-order valence-corrected chi connectivity index (χ4v) is 3.08. The van der Waals surface area contributed by atoms with E-state index in [0.29, 0.717) is 19.4 Å². The topological polar surface area (TPSA) is 91.3 Å². The SMILES string of the molecule is CC(CNC(=O)NC1CCC(C(=O)O)C1)c1nccs1. The summed E-state index contributed by atoms with van der Waals surface area (Å²) >= 11 is 1.57. The number of aliphatic carboxylic acids is 1. The lowest BCUT2D eigenvalue weighted by atomic mass is 10.1. The van der Waals surface area contributed by atoms with Crippen LogP contribution in [0.25, 0.3) is 0 Å². The third-order valence-electron chi connectivity index (χ3n) is 3.56. The Morgan fingerprint density at radius 1 is 1.55 bits per heavy atom. The lowest BCUT2D eigenvalue weighted by Crippen LogP contribution is -2.42. The number of hydrogen-bond acceptors (Lipinski definition) is 4. The molecule has 0 saturated heterocycles. The Morgan fingerprint density at radius 3 is 2.95 bits per heavy atom. The Hall–Kier alpha value is -1.63. The molecule has 6 nitrogen and oxygen atoms in total. The number of aromatic nitrogens is 1. The summed E-state index contributed by atoms with van der Waals surface area (Å²) in [6, 6.07) is -0.268. The predicted octanol–water partition coefficient (Wildman–Crippen LogP) is 1.80. The minimum Gasteiger partial charge on any atom is -0.481 e. The molecule has 3 N–H and O–H groups in total. The Balaban J connectivity index is 1.70. The van der Waals surface area contributed by atoms with Gasteiger partial charge < -0.3 is 15.7 Å². The maximum Gasteiger partial charge on any atom is 0.315 e. The second-order valence-electron chi connectivity index (χ2n) is 5.17. The molecular formula is C13H19N3O3S. The quantitative estimate of drug-likeness (QED) is 0.773. The summed E-state index contributed by atoms with van der Waals surface area (Å²) in [7, 11) is 0. The zero-order valence-corrected chi connectivity index (χ0v) is 12.2. The molecule has 1 fully saturated rings. The highest BCUT2D eigenvalue weighted by Crippen LogP contribution is 2.25. The summed E-state index contributed by atoms with van der Waals surface area (Å²) < 4.78 is 0. The van der Waals surface area contributed by atoms with E-state index in [0.717, 1.165) is 11.4 Å². The van der Waals surface area contributed by atoms with Crippen molar-refractivity contribution in [3.63, 3.8) is 0 Å². The summed E-state index contributed by atoms with van der Waals surface area (Å²) in [6.07, 6.45) is 3.63. The molecule has 0 spiro atoms. The number of thiazole rings is 1. The molecule has 2 rings (SSSR count).